The Morgan fingerprint density at radius 3 is 1.00 bits per heavy atom. The molecule has 0 bridgehead atoms. The molecule has 6 unspecified atom stereocenters. The first-order chi connectivity index (χ1) is 16.5. The van der Waals surface area contributed by atoms with E-state index in [9.17, 15) is 0 Å². The van der Waals surface area contributed by atoms with E-state index in [1.807, 2.05) is 0 Å². The Balaban J connectivity index is 6.48. The zero-order chi connectivity index (χ0) is 28.2. The summed E-state index contributed by atoms with van der Waals surface area (Å²) in [7, 11) is 0. The van der Waals surface area contributed by atoms with Crippen LogP contribution in [0.2, 0.25) is 0 Å². The molecule has 0 aromatic rings. The molecule has 6 nitrogen and oxygen atoms in total. The van der Waals surface area contributed by atoms with Gasteiger partial charge in [-0.25, -0.2) is 0 Å². The van der Waals surface area contributed by atoms with Crippen molar-refractivity contribution >= 4 is 213 Å². The summed E-state index contributed by atoms with van der Waals surface area (Å²) in [6.07, 6.45) is 0.904. The molecule has 21 heteroatoms. The van der Waals surface area contributed by atoms with Crippen LogP contribution in [0.15, 0.2) is 0 Å². The van der Waals surface area contributed by atoms with Crippen LogP contribution in [-0.4, -0.2) is 60.2 Å². The van der Waals surface area contributed by atoms with Gasteiger partial charge in [0.25, 0.3) is 0 Å². The van der Waals surface area contributed by atoms with Crippen molar-refractivity contribution in [2.24, 2.45) is 5.92 Å². The van der Waals surface area contributed by atoms with Crippen LogP contribution in [0, 0.1) is 5.92 Å². The van der Waals surface area contributed by atoms with Crippen molar-refractivity contribution in [2.45, 2.75) is 47.1 Å². The van der Waals surface area contributed by atoms with E-state index in [2.05, 4.69) is 133 Å². The summed E-state index contributed by atoms with van der Waals surface area (Å²) in [6, 6.07) is -1.16. The van der Waals surface area contributed by atoms with E-state index in [1.54, 1.807) is 0 Å². The standard InChI is InChI=1S/C15H26N6S15/c22-7(19-13(31)32)4(16-10(25)26)1-3(6(18-12(29)30)9(24)21-15(35)36)2-5(17-11(27)28)8(23)20-14(33)34/h3-9,22-24H,1-2H2,(H2,16,25,26)(H2,17,27,28)(H2,18,29,30)(H2,19,31,32)(H2,20,33,34)(H2,21,35,36). The topological polar surface area (TPSA) is 72.2 Å². The molecule has 6 N–H and O–H groups in total. The minimum absolute atomic E-state index is 0.233. The predicted molar refractivity (Wildman–Crippen MR) is 211 cm³/mol. The average molecular weight is 771 g/mol. The number of nitrogens with one attached hydrogen (secondary N) is 6. The largest absolute Gasteiger partial charge is 0.366 e. The summed E-state index contributed by atoms with van der Waals surface area (Å²) >= 11 is 70.2. The van der Waals surface area contributed by atoms with Crippen molar-refractivity contribution in [3.8, 4) is 0 Å². The zero-order valence-corrected chi connectivity index (χ0v) is 30.9. The molecule has 0 spiro atoms. The van der Waals surface area contributed by atoms with Crippen LogP contribution in [0.3, 0.4) is 0 Å². The van der Waals surface area contributed by atoms with Crippen molar-refractivity contribution in [3.05, 3.63) is 0 Å². The molecule has 0 aliphatic heterocycles. The van der Waals surface area contributed by atoms with E-state index in [-0.39, 0.29) is 43.9 Å². The van der Waals surface area contributed by atoms with Gasteiger partial charge in [0.05, 0.1) is 34.2 Å². The summed E-state index contributed by atoms with van der Waals surface area (Å²) in [5.74, 6) is -0.233. The molecular formula is C15H26N6S15. The van der Waals surface area contributed by atoms with Gasteiger partial charge in [0, 0.05) is 0 Å². The van der Waals surface area contributed by atoms with Gasteiger partial charge in [-0.3, -0.25) is 0 Å². The predicted octanol–water partition coefficient (Wildman–Crippen LogP) is 3.08. The fourth-order valence-corrected chi connectivity index (χ4v) is 6.54. The monoisotopic (exact) mass is 770 g/mol. The van der Waals surface area contributed by atoms with Crippen molar-refractivity contribution < 1.29 is 0 Å². The van der Waals surface area contributed by atoms with Crippen molar-refractivity contribution in [3.63, 3.8) is 0 Å². The summed E-state index contributed by atoms with van der Waals surface area (Å²) in [6.45, 7) is 0. The number of thiol groups is 9. The number of rotatable bonds is 14. The molecule has 0 aromatic heterocycles. The Kier molecular flexibility index (Phi) is 21.8. The van der Waals surface area contributed by atoms with E-state index in [4.69, 9.17) is 85.9 Å². The molecule has 206 valence electrons. The lowest BCUT2D eigenvalue weighted by Gasteiger charge is -2.39. The molecule has 0 saturated heterocycles. The van der Waals surface area contributed by atoms with E-state index in [0.717, 1.165) is 0 Å². The summed E-state index contributed by atoms with van der Waals surface area (Å²) in [5.41, 5.74) is 0. The maximum absolute atomic E-state index is 5.24. The van der Waals surface area contributed by atoms with Crippen LogP contribution < -0.4 is 31.9 Å². The molecule has 0 saturated carbocycles. The molecule has 6 atom stereocenters. The molecule has 0 heterocycles. The minimum atomic E-state index is -0.521. The fourth-order valence-electron chi connectivity index (χ4n) is 3.16. The Labute approximate surface area is 294 Å². The Bertz CT molecular complexity index is 768. The van der Waals surface area contributed by atoms with Crippen LogP contribution in [0.5, 0.6) is 0 Å². The number of hydrogen-bond acceptors (Lipinski definition) is 9. The SMILES string of the molecule is S=C(S)NC(S)C(CC(CC(NC(=S)S)C(S)NC(=S)S)C(NC(=S)S)C(S)NC(=S)S)NC(=S)S. The van der Waals surface area contributed by atoms with Gasteiger partial charge >= 0.3 is 0 Å². The lowest BCUT2D eigenvalue weighted by molar-refractivity contribution is 0.275. The van der Waals surface area contributed by atoms with Crippen LogP contribution in [0.1, 0.15) is 12.8 Å². The Morgan fingerprint density at radius 1 is 0.444 bits per heavy atom. The normalized spacial score (nSPS) is 16.6. The van der Waals surface area contributed by atoms with Gasteiger partial charge in [-0.1, -0.05) is 73.3 Å². The van der Waals surface area contributed by atoms with E-state index in [0.29, 0.717) is 12.8 Å². The maximum atomic E-state index is 5.24. The van der Waals surface area contributed by atoms with Crippen LogP contribution in [-0.2, 0) is 0 Å². The smallest absolute Gasteiger partial charge is 0.131 e. The first-order valence-corrected chi connectivity index (χ1v) is 16.2. The van der Waals surface area contributed by atoms with Gasteiger partial charge in [-0.05, 0) is 18.8 Å². The highest BCUT2D eigenvalue weighted by molar-refractivity contribution is 8.12. The molecule has 0 aromatic carbocycles. The summed E-state index contributed by atoms with van der Waals surface area (Å²) in [5, 5.41) is 17.0. The molecule has 0 radical (unpaired) electrons. The lowest BCUT2D eigenvalue weighted by Crippen LogP contribution is -2.56. The van der Waals surface area contributed by atoms with Crippen LogP contribution >= 0.6 is 187 Å². The van der Waals surface area contributed by atoms with Crippen LogP contribution in [0.4, 0.5) is 0 Å². The lowest BCUT2D eigenvalue weighted by atomic mass is 9.85. The van der Waals surface area contributed by atoms with E-state index < -0.39 is 22.2 Å². The highest BCUT2D eigenvalue weighted by atomic mass is 32.2. The third-order valence-corrected chi connectivity index (χ3v) is 7.36. The van der Waals surface area contributed by atoms with Gasteiger partial charge in [-0.15, -0.1) is 75.8 Å². The number of hydrogen-bond donors (Lipinski definition) is 15. The van der Waals surface area contributed by atoms with Crippen molar-refractivity contribution in [1.82, 2.24) is 31.9 Å². The molecule has 0 amide bonds. The molecule has 36 heavy (non-hydrogen) atoms. The van der Waals surface area contributed by atoms with Gasteiger partial charge in [0.15, 0.2) is 0 Å². The summed E-state index contributed by atoms with van der Waals surface area (Å²) in [4.78, 5) is 0. The van der Waals surface area contributed by atoms with Gasteiger partial charge < -0.3 is 31.9 Å². The zero-order valence-electron chi connectivity index (χ0n) is 17.9. The second-order valence-electron chi connectivity index (χ2n) is 7.00. The first kappa shape index (κ1) is 38.5. The van der Waals surface area contributed by atoms with Crippen molar-refractivity contribution in [1.29, 1.82) is 0 Å². The fraction of sp³-hybridized carbons (Fsp3) is 0.600. The van der Waals surface area contributed by atoms with Crippen LogP contribution in [0.25, 0.3) is 0 Å². The average Bonchev–Trinajstić information content (AvgIpc) is 2.67. The highest BCUT2D eigenvalue weighted by Crippen LogP contribution is 2.27. The summed E-state index contributed by atoms with van der Waals surface area (Å²) < 4.78 is 1.60. The van der Waals surface area contributed by atoms with E-state index >= 15 is 0 Å². The third kappa shape index (κ3) is 18.0. The first-order valence-electron chi connectivity index (χ1n) is 9.54. The van der Waals surface area contributed by atoms with E-state index in [1.165, 1.54) is 0 Å². The van der Waals surface area contributed by atoms with Gasteiger partial charge in [0.1, 0.15) is 25.9 Å². The quantitative estimate of drug-likeness (QED) is 0.0731. The molecule has 0 aliphatic carbocycles. The van der Waals surface area contributed by atoms with Gasteiger partial charge in [0.2, 0.25) is 0 Å². The third-order valence-electron chi connectivity index (χ3n) is 4.45. The van der Waals surface area contributed by atoms with Gasteiger partial charge in [-0.2, -0.15) is 37.9 Å². The molecule has 0 aliphatic rings. The Hall–Kier alpha value is 2.49. The maximum Gasteiger partial charge on any atom is 0.131 e. The molecule has 0 rings (SSSR count). The second kappa shape index (κ2) is 20.4. The minimum Gasteiger partial charge on any atom is -0.366 e. The van der Waals surface area contributed by atoms with Crippen molar-refractivity contribution in [2.75, 3.05) is 0 Å². The highest BCUT2D eigenvalue weighted by Gasteiger charge is 2.35. The molecule has 0 fully saturated rings. The number of thiocarbonyl (C=S) groups is 6. The Morgan fingerprint density at radius 2 is 0.722 bits per heavy atom. The second-order valence-corrected chi connectivity index (χ2v) is 15.6. The molecular weight excluding hydrogens is 745 g/mol.